The monoisotopic (exact) mass is 473 g/mol. The lowest BCUT2D eigenvalue weighted by Gasteiger charge is -2.17. The van der Waals surface area contributed by atoms with Crippen LogP contribution in [0.15, 0.2) is 91.0 Å². The zero-order chi connectivity index (χ0) is 25.2. The van der Waals surface area contributed by atoms with Crippen molar-refractivity contribution >= 4 is 16.9 Å². The van der Waals surface area contributed by atoms with Gasteiger partial charge in [-0.05, 0) is 73.9 Å². The molecule has 0 spiro atoms. The minimum Gasteiger partial charge on any atom is -0.497 e. The van der Waals surface area contributed by atoms with Crippen LogP contribution in [0.25, 0.3) is 33.3 Å². The Hall–Kier alpha value is -4.44. The van der Waals surface area contributed by atoms with Gasteiger partial charge in [-0.15, -0.1) is 0 Å². The first kappa shape index (κ1) is 23.3. The number of aromatic nitrogens is 1. The van der Waals surface area contributed by atoms with Crippen molar-refractivity contribution in [2.45, 2.75) is 20.8 Å². The van der Waals surface area contributed by atoms with Crippen LogP contribution in [0.1, 0.15) is 27.0 Å². The van der Waals surface area contributed by atoms with Gasteiger partial charge in [-0.3, -0.25) is 0 Å². The van der Waals surface area contributed by atoms with E-state index in [2.05, 4.69) is 6.07 Å². The molecule has 4 aromatic carbocycles. The summed E-state index contributed by atoms with van der Waals surface area (Å²) in [5, 5.41) is 0.796. The summed E-state index contributed by atoms with van der Waals surface area (Å²) < 4.78 is 11.4. The molecule has 0 amide bonds. The van der Waals surface area contributed by atoms with Crippen LogP contribution in [0.2, 0.25) is 0 Å². The fourth-order valence-corrected chi connectivity index (χ4v) is 4.67. The first-order valence-electron chi connectivity index (χ1n) is 11.9. The predicted octanol–water partition coefficient (Wildman–Crippen LogP) is 7.72. The van der Waals surface area contributed by atoms with E-state index < -0.39 is 5.97 Å². The molecule has 5 rings (SSSR count). The highest BCUT2D eigenvalue weighted by Gasteiger charge is 2.23. The first-order valence-corrected chi connectivity index (χ1v) is 11.9. The first-order chi connectivity index (χ1) is 17.5. The predicted molar refractivity (Wildman–Crippen MR) is 145 cm³/mol. The van der Waals surface area contributed by atoms with E-state index in [1.165, 1.54) is 0 Å². The lowest BCUT2D eigenvalue weighted by molar-refractivity contribution is 0.0737. The molecule has 5 aromatic rings. The number of rotatable bonds is 5. The summed E-state index contributed by atoms with van der Waals surface area (Å²) in [7, 11) is 1.64. The van der Waals surface area contributed by atoms with E-state index in [1.807, 2.05) is 106 Å². The zero-order valence-corrected chi connectivity index (χ0v) is 20.8. The Labute approximate surface area is 211 Å². The molecule has 0 aliphatic heterocycles. The number of benzene rings is 4. The molecule has 0 fully saturated rings. The highest BCUT2D eigenvalue weighted by atomic mass is 16.5. The standard InChI is InChI=1S/C32H27NO3/c1-20-18-21(2)30-27(19-20)29(22(3)31(33-30)24-14-16-25(35-4)17-15-24)32(34)36-28-13-9-8-12-26(28)23-10-6-5-7-11-23/h5-19H,1-4H3. The van der Waals surface area contributed by atoms with Crippen molar-refractivity contribution in [2.75, 3.05) is 7.11 Å². The van der Waals surface area contributed by atoms with Gasteiger partial charge in [-0.1, -0.05) is 60.2 Å². The van der Waals surface area contributed by atoms with Crippen LogP contribution in [0.4, 0.5) is 0 Å². The number of hydrogen-bond acceptors (Lipinski definition) is 4. The van der Waals surface area contributed by atoms with E-state index in [1.54, 1.807) is 7.11 Å². The molecule has 4 heteroatoms. The van der Waals surface area contributed by atoms with Crippen LogP contribution in [-0.4, -0.2) is 18.1 Å². The third-order valence-electron chi connectivity index (χ3n) is 6.41. The van der Waals surface area contributed by atoms with Gasteiger partial charge in [0.2, 0.25) is 0 Å². The van der Waals surface area contributed by atoms with E-state index in [0.29, 0.717) is 11.3 Å². The van der Waals surface area contributed by atoms with Crippen molar-refractivity contribution < 1.29 is 14.3 Å². The van der Waals surface area contributed by atoms with Crippen molar-refractivity contribution in [3.05, 3.63) is 113 Å². The van der Waals surface area contributed by atoms with Gasteiger partial charge >= 0.3 is 5.97 Å². The van der Waals surface area contributed by atoms with Crippen molar-refractivity contribution in [3.8, 4) is 33.9 Å². The number of para-hydroxylation sites is 1. The Morgan fingerprint density at radius 3 is 2.19 bits per heavy atom. The molecule has 0 N–H and O–H groups in total. The van der Waals surface area contributed by atoms with Crippen LogP contribution >= 0.6 is 0 Å². The largest absolute Gasteiger partial charge is 0.497 e. The molecule has 0 aliphatic rings. The lowest BCUT2D eigenvalue weighted by atomic mass is 9.95. The minimum absolute atomic E-state index is 0.400. The van der Waals surface area contributed by atoms with Gasteiger partial charge in [0.25, 0.3) is 0 Å². The molecule has 0 unspecified atom stereocenters. The summed E-state index contributed by atoms with van der Waals surface area (Å²) in [6.07, 6.45) is 0. The zero-order valence-electron chi connectivity index (χ0n) is 20.8. The fourth-order valence-electron chi connectivity index (χ4n) is 4.67. The Balaban J connectivity index is 1.67. The fraction of sp³-hybridized carbons (Fsp3) is 0.125. The van der Waals surface area contributed by atoms with Crippen molar-refractivity contribution in [1.29, 1.82) is 0 Å². The average molecular weight is 474 g/mol. The molecular formula is C32H27NO3. The highest BCUT2D eigenvalue weighted by Crippen LogP contribution is 2.35. The molecule has 0 saturated heterocycles. The Morgan fingerprint density at radius 2 is 1.47 bits per heavy atom. The normalized spacial score (nSPS) is 10.9. The second-order valence-electron chi connectivity index (χ2n) is 8.92. The molecule has 178 valence electrons. The van der Waals surface area contributed by atoms with E-state index >= 15 is 0 Å². The third kappa shape index (κ3) is 4.34. The Kier molecular flexibility index (Phi) is 6.26. The number of nitrogens with zero attached hydrogens (tertiary/aromatic N) is 1. The summed E-state index contributed by atoms with van der Waals surface area (Å²) in [4.78, 5) is 18.9. The molecule has 36 heavy (non-hydrogen) atoms. The number of pyridine rings is 1. The number of ether oxygens (including phenoxy) is 2. The van der Waals surface area contributed by atoms with Gasteiger partial charge in [0.05, 0.1) is 23.9 Å². The van der Waals surface area contributed by atoms with Gasteiger partial charge in [0, 0.05) is 16.5 Å². The number of hydrogen-bond donors (Lipinski definition) is 0. The van der Waals surface area contributed by atoms with Gasteiger partial charge in [-0.2, -0.15) is 0 Å². The maximum atomic E-state index is 13.9. The quantitative estimate of drug-likeness (QED) is 0.194. The topological polar surface area (TPSA) is 48.4 Å². The number of aryl methyl sites for hydroxylation is 2. The summed E-state index contributed by atoms with van der Waals surface area (Å²) in [6, 6.07) is 29.4. The molecule has 0 atom stereocenters. The number of carbonyl (C=O) groups excluding carboxylic acids is 1. The molecule has 0 saturated carbocycles. The van der Waals surface area contributed by atoms with E-state index in [-0.39, 0.29) is 0 Å². The molecule has 0 radical (unpaired) electrons. The number of methoxy groups -OCH3 is 1. The van der Waals surface area contributed by atoms with Crippen LogP contribution < -0.4 is 9.47 Å². The SMILES string of the molecule is COc1ccc(-c2nc3c(C)cc(C)cc3c(C(=O)Oc3ccccc3-c3ccccc3)c2C)cc1. The van der Waals surface area contributed by atoms with E-state index in [9.17, 15) is 4.79 Å². The Bertz CT molecular complexity index is 1570. The molecule has 1 heterocycles. The van der Waals surface area contributed by atoms with Crippen LogP contribution in [0.3, 0.4) is 0 Å². The van der Waals surface area contributed by atoms with Crippen LogP contribution in [0.5, 0.6) is 11.5 Å². The summed E-state index contributed by atoms with van der Waals surface area (Å²) in [5.41, 5.74) is 7.69. The summed E-state index contributed by atoms with van der Waals surface area (Å²) in [6.45, 7) is 5.98. The second-order valence-corrected chi connectivity index (χ2v) is 8.92. The van der Waals surface area contributed by atoms with Crippen molar-refractivity contribution in [3.63, 3.8) is 0 Å². The number of carbonyl (C=O) groups is 1. The molecule has 0 bridgehead atoms. The number of esters is 1. The van der Waals surface area contributed by atoms with Crippen LogP contribution in [0, 0.1) is 20.8 Å². The molecular weight excluding hydrogens is 446 g/mol. The molecule has 4 nitrogen and oxygen atoms in total. The van der Waals surface area contributed by atoms with E-state index in [0.717, 1.165) is 55.7 Å². The minimum atomic E-state index is -0.400. The lowest BCUT2D eigenvalue weighted by Crippen LogP contribution is -2.13. The van der Waals surface area contributed by atoms with Gasteiger partial charge in [0.1, 0.15) is 11.5 Å². The number of fused-ring (bicyclic) bond motifs is 1. The smallest absolute Gasteiger partial charge is 0.344 e. The Morgan fingerprint density at radius 1 is 0.778 bits per heavy atom. The average Bonchev–Trinajstić information content (AvgIpc) is 2.89. The third-order valence-corrected chi connectivity index (χ3v) is 6.41. The summed E-state index contributed by atoms with van der Waals surface area (Å²) in [5.74, 6) is 0.887. The van der Waals surface area contributed by atoms with Gasteiger partial charge < -0.3 is 9.47 Å². The van der Waals surface area contributed by atoms with E-state index in [4.69, 9.17) is 14.5 Å². The molecule has 1 aromatic heterocycles. The maximum Gasteiger partial charge on any atom is 0.344 e. The van der Waals surface area contributed by atoms with Crippen molar-refractivity contribution in [2.24, 2.45) is 0 Å². The molecule has 0 aliphatic carbocycles. The van der Waals surface area contributed by atoms with Gasteiger partial charge in [0.15, 0.2) is 0 Å². The van der Waals surface area contributed by atoms with Crippen molar-refractivity contribution in [1.82, 2.24) is 4.98 Å². The van der Waals surface area contributed by atoms with Gasteiger partial charge in [-0.25, -0.2) is 9.78 Å². The summed E-state index contributed by atoms with van der Waals surface area (Å²) >= 11 is 0. The second kappa shape index (κ2) is 9.67. The van der Waals surface area contributed by atoms with Crippen LogP contribution in [-0.2, 0) is 0 Å². The maximum absolute atomic E-state index is 13.9. The highest BCUT2D eigenvalue weighted by molar-refractivity contribution is 6.08.